The van der Waals surface area contributed by atoms with E-state index in [0.29, 0.717) is 36.2 Å². The van der Waals surface area contributed by atoms with E-state index in [1.807, 2.05) is 37.3 Å². The Morgan fingerprint density at radius 1 is 1.13 bits per heavy atom. The molecule has 6 nitrogen and oxygen atoms in total. The molecule has 0 saturated heterocycles. The monoisotopic (exact) mass is 423 g/mol. The Morgan fingerprint density at radius 3 is 2.48 bits per heavy atom. The lowest BCUT2D eigenvalue weighted by molar-refractivity contribution is -0.118. The fraction of sp³-hybridized carbons (Fsp3) is 0.480. The predicted octanol–water partition coefficient (Wildman–Crippen LogP) is 4.66. The Bertz CT molecular complexity index is 960. The molecule has 1 aromatic heterocycles. The number of nitrogens with one attached hydrogen (secondary N) is 3. The maximum absolute atomic E-state index is 13.2. The number of hydrogen-bond acceptors (Lipinski definition) is 3. The number of anilines is 1. The Kier molecular flexibility index (Phi) is 6.98. The summed E-state index contributed by atoms with van der Waals surface area (Å²) in [5, 5.41) is 5.80. The van der Waals surface area contributed by atoms with Crippen LogP contribution in [-0.4, -0.2) is 28.6 Å². The van der Waals surface area contributed by atoms with Crippen LogP contribution >= 0.6 is 0 Å². The van der Waals surface area contributed by atoms with E-state index < -0.39 is 6.04 Å². The number of aromatic amines is 1. The second-order valence-corrected chi connectivity index (χ2v) is 9.15. The van der Waals surface area contributed by atoms with Gasteiger partial charge in [-0.1, -0.05) is 58.7 Å². The van der Waals surface area contributed by atoms with E-state index in [1.165, 1.54) is 0 Å². The van der Waals surface area contributed by atoms with Gasteiger partial charge in [-0.25, -0.2) is 0 Å². The fourth-order valence-electron chi connectivity index (χ4n) is 4.33. The van der Waals surface area contributed by atoms with Crippen LogP contribution in [0, 0.1) is 5.41 Å². The van der Waals surface area contributed by atoms with Crippen molar-refractivity contribution in [1.82, 2.24) is 10.3 Å². The number of carbonyl (C=O) groups excluding carboxylic acids is 3. The molecule has 6 heteroatoms. The van der Waals surface area contributed by atoms with Crippen molar-refractivity contribution in [2.75, 3.05) is 5.32 Å². The highest BCUT2D eigenvalue weighted by atomic mass is 16.2. The van der Waals surface area contributed by atoms with Crippen LogP contribution in [-0.2, 0) is 17.6 Å². The van der Waals surface area contributed by atoms with Crippen LogP contribution in [0.1, 0.15) is 85.5 Å². The first kappa shape index (κ1) is 22.8. The maximum Gasteiger partial charge on any atom is 0.268 e. The van der Waals surface area contributed by atoms with Crippen LogP contribution in [0.4, 0.5) is 5.69 Å². The second kappa shape index (κ2) is 9.50. The quantitative estimate of drug-likeness (QED) is 0.577. The van der Waals surface area contributed by atoms with E-state index in [-0.39, 0.29) is 23.0 Å². The van der Waals surface area contributed by atoms with Gasteiger partial charge in [-0.2, -0.15) is 0 Å². The molecule has 1 aliphatic rings. The zero-order chi connectivity index (χ0) is 22.6. The van der Waals surface area contributed by atoms with Gasteiger partial charge in [0.25, 0.3) is 5.91 Å². The van der Waals surface area contributed by atoms with E-state index in [0.717, 1.165) is 30.5 Å². The molecule has 1 aromatic carbocycles. The minimum absolute atomic E-state index is 0.0859. The minimum Gasteiger partial charge on any atom is -0.354 e. The van der Waals surface area contributed by atoms with Gasteiger partial charge in [-0.3, -0.25) is 14.4 Å². The smallest absolute Gasteiger partial charge is 0.268 e. The molecule has 0 fully saturated rings. The van der Waals surface area contributed by atoms with E-state index in [4.69, 9.17) is 0 Å². The van der Waals surface area contributed by atoms with Gasteiger partial charge in [0.15, 0.2) is 5.78 Å². The van der Waals surface area contributed by atoms with Gasteiger partial charge in [0.1, 0.15) is 11.7 Å². The third-order valence-electron chi connectivity index (χ3n) is 5.84. The van der Waals surface area contributed by atoms with Crippen molar-refractivity contribution in [2.45, 2.75) is 72.3 Å². The first-order valence-corrected chi connectivity index (χ1v) is 11.2. The molecule has 31 heavy (non-hydrogen) atoms. The molecule has 0 aliphatic heterocycles. The molecule has 3 N–H and O–H groups in total. The number of rotatable bonds is 8. The van der Waals surface area contributed by atoms with Gasteiger partial charge in [0.05, 0.1) is 0 Å². The Balaban J connectivity index is 1.83. The van der Waals surface area contributed by atoms with Crippen molar-refractivity contribution in [3.63, 3.8) is 0 Å². The minimum atomic E-state index is -0.648. The lowest BCUT2D eigenvalue weighted by Crippen LogP contribution is -2.44. The summed E-state index contributed by atoms with van der Waals surface area (Å²) in [5.74, 6) is -0.483. The first-order valence-electron chi connectivity index (χ1n) is 11.2. The average Bonchev–Trinajstić information content (AvgIpc) is 3.09. The molecule has 166 valence electrons. The lowest BCUT2D eigenvalue weighted by Gasteiger charge is -2.28. The molecule has 2 aromatic rings. The normalized spacial score (nSPS) is 15.8. The number of carbonyl (C=O) groups is 3. The molecule has 0 bridgehead atoms. The Hall–Kier alpha value is -2.89. The molecule has 2 amide bonds. The lowest BCUT2D eigenvalue weighted by atomic mass is 9.75. The number of unbranched alkanes of at least 4 members (excludes halogenated alkanes) is 1. The number of Topliss-reactive ketones (excluding diaryl/α,β-unsaturated/α-hetero) is 1. The molecule has 1 unspecified atom stereocenters. The Morgan fingerprint density at radius 2 is 1.84 bits per heavy atom. The van der Waals surface area contributed by atoms with Crippen molar-refractivity contribution in [2.24, 2.45) is 5.41 Å². The van der Waals surface area contributed by atoms with Gasteiger partial charge in [0.2, 0.25) is 5.91 Å². The zero-order valence-corrected chi connectivity index (χ0v) is 18.9. The fourth-order valence-corrected chi connectivity index (χ4v) is 4.33. The second-order valence-electron chi connectivity index (χ2n) is 9.15. The zero-order valence-electron chi connectivity index (χ0n) is 18.9. The predicted molar refractivity (Wildman–Crippen MR) is 122 cm³/mol. The number of benzene rings is 1. The number of fused-ring (bicyclic) bond motifs is 1. The number of para-hydroxylation sites is 1. The summed E-state index contributed by atoms with van der Waals surface area (Å²) in [6, 6.07) is 8.57. The number of aromatic nitrogens is 1. The summed E-state index contributed by atoms with van der Waals surface area (Å²) in [4.78, 5) is 42.1. The SMILES string of the molecule is CCCCC(NC(=O)c1[nH]c2c(c1CC)C(=O)CC(C)(C)C2)C(=O)Nc1ccccc1. The molecule has 1 atom stereocenters. The summed E-state index contributed by atoms with van der Waals surface area (Å²) < 4.78 is 0. The third-order valence-corrected chi connectivity index (χ3v) is 5.84. The summed E-state index contributed by atoms with van der Waals surface area (Å²) in [6.45, 7) is 8.13. The number of hydrogen-bond donors (Lipinski definition) is 3. The maximum atomic E-state index is 13.2. The number of H-pyrrole nitrogens is 1. The van der Waals surface area contributed by atoms with E-state index in [1.54, 1.807) is 0 Å². The summed E-state index contributed by atoms with van der Waals surface area (Å²) >= 11 is 0. The third kappa shape index (κ3) is 5.24. The van der Waals surface area contributed by atoms with Crippen LogP contribution < -0.4 is 10.6 Å². The van der Waals surface area contributed by atoms with Crippen molar-refractivity contribution < 1.29 is 14.4 Å². The highest BCUT2D eigenvalue weighted by molar-refractivity contribution is 6.06. The van der Waals surface area contributed by atoms with Crippen molar-refractivity contribution in [3.05, 3.63) is 52.8 Å². The summed E-state index contributed by atoms with van der Waals surface area (Å²) in [7, 11) is 0. The average molecular weight is 424 g/mol. The largest absolute Gasteiger partial charge is 0.354 e. The Labute approximate surface area is 184 Å². The van der Waals surface area contributed by atoms with E-state index in [2.05, 4.69) is 36.4 Å². The molecular weight excluding hydrogens is 390 g/mol. The number of ketones is 1. The van der Waals surface area contributed by atoms with Gasteiger partial charge in [-0.05, 0) is 42.4 Å². The summed E-state index contributed by atoms with van der Waals surface area (Å²) in [6.07, 6.45) is 4.07. The highest BCUT2D eigenvalue weighted by Gasteiger charge is 2.36. The standard InChI is InChI=1S/C25H33N3O3/c1-5-7-13-18(23(30)26-16-11-9-8-10-12-16)28-24(31)22-17(6-2)21-19(27-22)14-25(3,4)15-20(21)29/h8-12,18,27H,5-7,13-15H2,1-4H3,(H,26,30)(H,28,31). The van der Waals surface area contributed by atoms with E-state index in [9.17, 15) is 14.4 Å². The van der Waals surface area contributed by atoms with Crippen LogP contribution in [0.3, 0.4) is 0 Å². The van der Waals surface area contributed by atoms with E-state index >= 15 is 0 Å². The molecule has 0 spiro atoms. The van der Waals surface area contributed by atoms with Gasteiger partial charge in [0, 0.05) is 23.4 Å². The van der Waals surface area contributed by atoms with Crippen molar-refractivity contribution in [1.29, 1.82) is 0 Å². The molecule has 3 rings (SSSR count). The van der Waals surface area contributed by atoms with Gasteiger partial charge >= 0.3 is 0 Å². The van der Waals surface area contributed by atoms with Crippen LogP contribution in [0.5, 0.6) is 0 Å². The number of amides is 2. The highest BCUT2D eigenvalue weighted by Crippen LogP contribution is 2.37. The van der Waals surface area contributed by atoms with Crippen molar-refractivity contribution in [3.8, 4) is 0 Å². The van der Waals surface area contributed by atoms with Gasteiger partial charge < -0.3 is 15.6 Å². The van der Waals surface area contributed by atoms with Crippen LogP contribution in [0.15, 0.2) is 30.3 Å². The molecular formula is C25H33N3O3. The van der Waals surface area contributed by atoms with Crippen molar-refractivity contribution >= 4 is 23.3 Å². The topological polar surface area (TPSA) is 91.1 Å². The molecule has 1 aliphatic carbocycles. The molecule has 1 heterocycles. The van der Waals surface area contributed by atoms with Crippen LogP contribution in [0.2, 0.25) is 0 Å². The molecule has 0 saturated carbocycles. The van der Waals surface area contributed by atoms with Gasteiger partial charge in [-0.15, -0.1) is 0 Å². The molecule has 0 radical (unpaired) electrons. The first-order chi connectivity index (χ1) is 14.8. The van der Waals surface area contributed by atoms with Crippen LogP contribution in [0.25, 0.3) is 0 Å². The summed E-state index contributed by atoms with van der Waals surface area (Å²) in [5.41, 5.74) is 3.24.